The largest absolute Gasteiger partial charge is 0.522 e. The molecule has 3 nitrogen and oxygen atoms in total. The Hall–Kier alpha value is -1.60. The third-order valence-electron chi connectivity index (χ3n) is 2.29. The molecule has 124 valence electrons. The lowest BCUT2D eigenvalue weighted by Gasteiger charge is -1.97. The molecule has 0 saturated carbocycles. The van der Waals surface area contributed by atoms with Crippen LogP contribution >= 0.6 is 0 Å². The highest BCUT2D eigenvalue weighted by Gasteiger charge is 2.44. The zero-order valence-electron chi connectivity index (χ0n) is 11.9. The van der Waals surface area contributed by atoms with Crippen LogP contribution < -0.4 is 0 Å². The van der Waals surface area contributed by atoms with Gasteiger partial charge in [0.2, 0.25) is 0 Å². The normalized spacial score (nSPS) is 14.5. The number of halogens is 3. The van der Waals surface area contributed by atoms with Gasteiger partial charge in [0.05, 0.1) is 0 Å². The van der Waals surface area contributed by atoms with E-state index in [1.54, 1.807) is 0 Å². The summed E-state index contributed by atoms with van der Waals surface area (Å²) in [6, 6.07) is 12.0. The Morgan fingerprint density at radius 1 is 0.682 bits per heavy atom. The number of allylic oxidation sites excluding steroid dienone is 4. The standard InChI is InChI=1S/C8H12.C6H6.CHF3O3S/c1-2-4-6-8-7-5-3-1;1-2-4-6-5-3-1;2-1(3,4)8(5,6)7/h1-2,7-8H,3-6H2;1-6H;(H,5,6,7). The molecule has 0 saturated heterocycles. The van der Waals surface area contributed by atoms with Gasteiger partial charge in [-0.3, -0.25) is 4.55 Å². The minimum absolute atomic E-state index is 1.23. The fourth-order valence-electron chi connectivity index (χ4n) is 1.24. The third-order valence-corrected chi connectivity index (χ3v) is 2.88. The summed E-state index contributed by atoms with van der Waals surface area (Å²) in [7, 11) is -5.84. The zero-order chi connectivity index (χ0) is 16.9. The molecular formula is C15H19F3O3S. The molecule has 0 atom stereocenters. The van der Waals surface area contributed by atoms with Crippen molar-refractivity contribution in [1.82, 2.24) is 0 Å². The van der Waals surface area contributed by atoms with Gasteiger partial charge >= 0.3 is 15.6 Å². The lowest BCUT2D eigenvalue weighted by molar-refractivity contribution is -0.0510. The van der Waals surface area contributed by atoms with E-state index >= 15 is 0 Å². The molecule has 0 unspecified atom stereocenters. The maximum absolute atomic E-state index is 10.7. The van der Waals surface area contributed by atoms with Crippen LogP contribution in [0.15, 0.2) is 60.7 Å². The topological polar surface area (TPSA) is 54.4 Å². The predicted octanol–water partition coefficient (Wildman–Crippen LogP) is 4.75. The summed E-state index contributed by atoms with van der Waals surface area (Å²) in [5.74, 6) is 0. The molecule has 0 bridgehead atoms. The van der Waals surface area contributed by atoms with Gasteiger partial charge in [-0.15, -0.1) is 0 Å². The monoisotopic (exact) mass is 336 g/mol. The molecule has 0 aliphatic heterocycles. The lowest BCUT2D eigenvalue weighted by atomic mass is 10.1. The molecule has 1 aromatic rings. The third kappa shape index (κ3) is 12.2. The second kappa shape index (κ2) is 11.0. The number of alkyl halides is 3. The van der Waals surface area contributed by atoms with E-state index in [-0.39, 0.29) is 0 Å². The average molecular weight is 336 g/mol. The SMILES string of the molecule is C1=CCCC=CCC1.O=S(=O)(O)C(F)(F)F.c1ccccc1. The van der Waals surface area contributed by atoms with Crippen molar-refractivity contribution in [1.29, 1.82) is 0 Å². The molecule has 22 heavy (non-hydrogen) atoms. The van der Waals surface area contributed by atoms with E-state index in [1.165, 1.54) is 25.7 Å². The Morgan fingerprint density at radius 2 is 0.864 bits per heavy atom. The number of hydrogen-bond acceptors (Lipinski definition) is 2. The summed E-state index contributed by atoms with van der Waals surface area (Å²) >= 11 is 0. The Balaban J connectivity index is 0.000000304. The van der Waals surface area contributed by atoms with Gasteiger partial charge in [0.25, 0.3) is 0 Å². The van der Waals surface area contributed by atoms with Gasteiger partial charge in [0.1, 0.15) is 0 Å². The summed E-state index contributed by atoms with van der Waals surface area (Å²) < 4.78 is 57.5. The van der Waals surface area contributed by atoms with Gasteiger partial charge in [-0.1, -0.05) is 60.7 Å². The van der Waals surface area contributed by atoms with Crippen molar-refractivity contribution in [3.63, 3.8) is 0 Å². The lowest BCUT2D eigenvalue weighted by Crippen LogP contribution is -2.21. The van der Waals surface area contributed by atoms with E-state index in [4.69, 9.17) is 13.0 Å². The summed E-state index contributed by atoms with van der Waals surface area (Å²) in [5, 5.41) is 0. The Morgan fingerprint density at radius 3 is 1.00 bits per heavy atom. The Kier molecular flexibility index (Phi) is 10.2. The van der Waals surface area contributed by atoms with Crippen LogP contribution in [0.1, 0.15) is 25.7 Å². The van der Waals surface area contributed by atoms with Gasteiger partial charge in [0, 0.05) is 0 Å². The van der Waals surface area contributed by atoms with E-state index in [2.05, 4.69) is 24.3 Å². The molecule has 7 heteroatoms. The van der Waals surface area contributed by atoms with E-state index in [0.717, 1.165) is 0 Å². The molecule has 0 aromatic heterocycles. The predicted molar refractivity (Wildman–Crippen MR) is 80.8 cm³/mol. The zero-order valence-corrected chi connectivity index (χ0v) is 12.7. The summed E-state index contributed by atoms with van der Waals surface area (Å²) in [6.07, 6.45) is 14.0. The van der Waals surface area contributed by atoms with Crippen LogP contribution in [0.4, 0.5) is 13.2 Å². The van der Waals surface area contributed by atoms with E-state index in [0.29, 0.717) is 0 Å². The van der Waals surface area contributed by atoms with Crippen molar-refractivity contribution in [2.45, 2.75) is 31.2 Å². The number of benzene rings is 1. The van der Waals surface area contributed by atoms with Gasteiger partial charge < -0.3 is 0 Å². The van der Waals surface area contributed by atoms with E-state index in [9.17, 15) is 13.2 Å². The van der Waals surface area contributed by atoms with Crippen molar-refractivity contribution in [2.24, 2.45) is 0 Å². The van der Waals surface area contributed by atoms with Crippen molar-refractivity contribution in [3.05, 3.63) is 60.7 Å². The second-order valence-electron chi connectivity index (χ2n) is 4.17. The second-order valence-corrected chi connectivity index (χ2v) is 5.59. The molecule has 0 fully saturated rings. The molecule has 0 radical (unpaired) electrons. The number of rotatable bonds is 0. The summed E-state index contributed by atoms with van der Waals surface area (Å²) in [5.41, 5.74) is -5.53. The first-order valence-electron chi connectivity index (χ1n) is 6.59. The van der Waals surface area contributed by atoms with Crippen LogP contribution in [-0.2, 0) is 10.1 Å². The molecule has 2 rings (SSSR count). The van der Waals surface area contributed by atoms with Crippen molar-refractivity contribution < 1.29 is 26.1 Å². The molecule has 1 aromatic carbocycles. The molecule has 0 amide bonds. The van der Waals surface area contributed by atoms with Crippen molar-refractivity contribution in [3.8, 4) is 0 Å². The minimum Gasteiger partial charge on any atom is -0.279 e. The first-order valence-corrected chi connectivity index (χ1v) is 8.03. The van der Waals surface area contributed by atoms with E-state index in [1.807, 2.05) is 36.4 Å². The first-order chi connectivity index (χ1) is 10.2. The Labute approximate surface area is 128 Å². The van der Waals surface area contributed by atoms with Crippen molar-refractivity contribution >= 4 is 10.1 Å². The number of hydrogen-bond donors (Lipinski definition) is 1. The van der Waals surface area contributed by atoms with Crippen LogP contribution in [0.3, 0.4) is 0 Å². The maximum atomic E-state index is 10.7. The average Bonchev–Trinajstić information content (AvgIpc) is 2.39. The molecule has 0 heterocycles. The highest BCUT2D eigenvalue weighted by molar-refractivity contribution is 7.86. The smallest absolute Gasteiger partial charge is 0.279 e. The molecule has 1 N–H and O–H groups in total. The van der Waals surface area contributed by atoms with Crippen LogP contribution in [-0.4, -0.2) is 18.5 Å². The minimum atomic E-state index is -5.84. The summed E-state index contributed by atoms with van der Waals surface area (Å²) in [6.45, 7) is 0. The maximum Gasteiger partial charge on any atom is 0.522 e. The quantitative estimate of drug-likeness (QED) is 0.422. The highest BCUT2D eigenvalue weighted by atomic mass is 32.2. The molecule has 0 spiro atoms. The summed E-state index contributed by atoms with van der Waals surface area (Å²) in [4.78, 5) is 0. The van der Waals surface area contributed by atoms with Gasteiger partial charge in [-0.05, 0) is 25.7 Å². The molecule has 1 aliphatic carbocycles. The first kappa shape index (κ1) is 20.4. The molecule has 1 aliphatic rings. The van der Waals surface area contributed by atoms with E-state index < -0.39 is 15.6 Å². The van der Waals surface area contributed by atoms with Crippen LogP contribution in [0.25, 0.3) is 0 Å². The van der Waals surface area contributed by atoms with Crippen molar-refractivity contribution in [2.75, 3.05) is 0 Å². The van der Waals surface area contributed by atoms with Crippen LogP contribution in [0.5, 0.6) is 0 Å². The van der Waals surface area contributed by atoms with Gasteiger partial charge in [-0.2, -0.15) is 21.6 Å². The van der Waals surface area contributed by atoms with Crippen LogP contribution in [0.2, 0.25) is 0 Å². The van der Waals surface area contributed by atoms with Gasteiger partial charge in [-0.25, -0.2) is 0 Å². The fraction of sp³-hybridized carbons (Fsp3) is 0.333. The van der Waals surface area contributed by atoms with Crippen LogP contribution in [0, 0.1) is 0 Å². The Bertz CT molecular complexity index is 482. The van der Waals surface area contributed by atoms with Gasteiger partial charge in [0.15, 0.2) is 0 Å². The fourth-order valence-corrected chi connectivity index (χ4v) is 1.24. The highest BCUT2D eigenvalue weighted by Crippen LogP contribution is 2.20. The molecular weight excluding hydrogens is 317 g/mol.